The largest absolute Gasteiger partial charge is 2.00 e. The number of aliphatic imine (C=N–C) groups is 1. The minimum absolute atomic E-state index is 0. The Morgan fingerprint density at radius 2 is 1.67 bits per heavy atom. The Morgan fingerprint density at radius 3 is 2.22 bits per heavy atom. The second-order valence-corrected chi connectivity index (χ2v) is 3.35. The molecule has 18 heavy (non-hydrogen) atoms. The summed E-state index contributed by atoms with van der Waals surface area (Å²) in [5, 5.41) is 0. The van der Waals surface area contributed by atoms with Crippen LogP contribution in [0, 0.1) is 6.92 Å². The first-order chi connectivity index (χ1) is 7.34. The molecule has 1 aromatic carbocycles. The zero-order valence-corrected chi connectivity index (χ0v) is 14.5. The molecule has 1 heterocycles. The fourth-order valence-electron chi connectivity index (χ4n) is 1.22. The predicted octanol–water partition coefficient (Wildman–Crippen LogP) is -2.85. The molecule has 0 saturated heterocycles. The van der Waals surface area contributed by atoms with Gasteiger partial charge in [0.1, 0.15) is 0 Å². The van der Waals surface area contributed by atoms with Crippen molar-refractivity contribution in [2.24, 2.45) is 4.99 Å². The molecule has 0 N–H and O–H groups in total. The molecule has 0 bridgehead atoms. The fraction of sp³-hybridized carbons (Fsp3) is 0.0769. The van der Waals surface area contributed by atoms with Crippen LogP contribution in [0.4, 0.5) is 5.69 Å². The third-order valence-electron chi connectivity index (χ3n) is 2.07. The number of rotatable bonds is 2. The van der Waals surface area contributed by atoms with Gasteiger partial charge in [0.25, 0.3) is 0 Å². The Balaban J connectivity index is 0. The van der Waals surface area contributed by atoms with E-state index in [1.807, 2.05) is 42.5 Å². The van der Waals surface area contributed by atoms with Crippen LogP contribution in [0.1, 0.15) is 11.3 Å². The van der Waals surface area contributed by atoms with Crippen LogP contribution in [0.5, 0.6) is 0 Å². The summed E-state index contributed by atoms with van der Waals surface area (Å²) in [6.07, 6.45) is 3.53. The molecule has 2 aromatic rings. The SMILES string of the molecule is Cc1ccc(N=Cc2ccccn2)cc1.[Cl-].[Cl-].[Zn+2]. The van der Waals surface area contributed by atoms with Crippen molar-refractivity contribution in [1.82, 2.24) is 4.98 Å². The molecule has 0 unspecified atom stereocenters. The van der Waals surface area contributed by atoms with E-state index < -0.39 is 0 Å². The molecule has 0 atom stereocenters. The molecular formula is C13H12Cl2N2Zn. The molecule has 1 aromatic heterocycles. The van der Waals surface area contributed by atoms with Gasteiger partial charge in [0.05, 0.1) is 17.6 Å². The number of hydrogen-bond acceptors (Lipinski definition) is 2. The van der Waals surface area contributed by atoms with Gasteiger partial charge in [0, 0.05) is 6.20 Å². The Bertz CT molecular complexity index is 458. The van der Waals surface area contributed by atoms with E-state index in [4.69, 9.17) is 0 Å². The van der Waals surface area contributed by atoms with Crippen molar-refractivity contribution in [1.29, 1.82) is 0 Å². The number of aromatic nitrogens is 1. The first-order valence-corrected chi connectivity index (χ1v) is 4.86. The minimum atomic E-state index is 0. The molecule has 0 aliphatic carbocycles. The van der Waals surface area contributed by atoms with Gasteiger partial charge in [-0.1, -0.05) is 23.8 Å². The zero-order valence-electron chi connectivity index (χ0n) is 10.1. The number of hydrogen-bond donors (Lipinski definition) is 0. The third-order valence-corrected chi connectivity index (χ3v) is 2.07. The maximum absolute atomic E-state index is 4.33. The molecule has 2 nitrogen and oxygen atoms in total. The van der Waals surface area contributed by atoms with Crippen LogP contribution in [0.15, 0.2) is 53.7 Å². The van der Waals surface area contributed by atoms with Crippen LogP contribution in [-0.4, -0.2) is 11.2 Å². The second-order valence-electron chi connectivity index (χ2n) is 3.35. The Hall–Kier alpha value is -0.757. The van der Waals surface area contributed by atoms with Crippen molar-refractivity contribution in [3.8, 4) is 0 Å². The molecule has 0 radical (unpaired) electrons. The van der Waals surface area contributed by atoms with Crippen molar-refractivity contribution >= 4 is 11.9 Å². The second kappa shape index (κ2) is 10.2. The maximum atomic E-state index is 4.33. The van der Waals surface area contributed by atoms with Crippen molar-refractivity contribution in [3.05, 3.63) is 59.9 Å². The summed E-state index contributed by atoms with van der Waals surface area (Å²) in [6, 6.07) is 13.9. The summed E-state index contributed by atoms with van der Waals surface area (Å²) in [7, 11) is 0. The molecule has 0 fully saturated rings. The summed E-state index contributed by atoms with van der Waals surface area (Å²) in [6.45, 7) is 2.06. The topological polar surface area (TPSA) is 25.2 Å². The number of halogens is 2. The third kappa shape index (κ3) is 6.25. The normalized spacial score (nSPS) is 8.94. The van der Waals surface area contributed by atoms with E-state index in [2.05, 4.69) is 16.9 Å². The fourth-order valence-corrected chi connectivity index (χ4v) is 1.22. The number of nitrogens with zero attached hydrogens (tertiary/aromatic N) is 2. The summed E-state index contributed by atoms with van der Waals surface area (Å²) in [4.78, 5) is 8.49. The van der Waals surface area contributed by atoms with Gasteiger partial charge in [0.2, 0.25) is 0 Å². The van der Waals surface area contributed by atoms with Crippen LogP contribution in [0.3, 0.4) is 0 Å². The molecule has 0 saturated carbocycles. The van der Waals surface area contributed by atoms with Gasteiger partial charge in [-0.2, -0.15) is 0 Å². The van der Waals surface area contributed by atoms with Gasteiger partial charge in [-0.05, 0) is 31.2 Å². The van der Waals surface area contributed by atoms with E-state index in [9.17, 15) is 0 Å². The van der Waals surface area contributed by atoms with Crippen molar-refractivity contribution in [2.45, 2.75) is 6.92 Å². The van der Waals surface area contributed by atoms with Crippen LogP contribution >= 0.6 is 0 Å². The van der Waals surface area contributed by atoms with E-state index in [0.717, 1.165) is 11.4 Å². The smallest absolute Gasteiger partial charge is 1.00 e. The van der Waals surface area contributed by atoms with Gasteiger partial charge >= 0.3 is 19.5 Å². The Kier molecular flexibility index (Phi) is 11.1. The summed E-state index contributed by atoms with van der Waals surface area (Å²) in [5.41, 5.74) is 3.07. The number of pyridine rings is 1. The first kappa shape index (κ1) is 19.6. The zero-order chi connectivity index (χ0) is 10.5. The Labute approximate surface area is 133 Å². The Morgan fingerprint density at radius 1 is 1.00 bits per heavy atom. The van der Waals surface area contributed by atoms with E-state index >= 15 is 0 Å². The van der Waals surface area contributed by atoms with E-state index in [1.54, 1.807) is 12.4 Å². The van der Waals surface area contributed by atoms with E-state index in [1.165, 1.54) is 5.56 Å². The van der Waals surface area contributed by atoms with Crippen molar-refractivity contribution < 1.29 is 44.3 Å². The molecular weight excluding hydrogens is 320 g/mol. The minimum Gasteiger partial charge on any atom is -1.00 e. The van der Waals surface area contributed by atoms with Gasteiger partial charge < -0.3 is 24.8 Å². The maximum Gasteiger partial charge on any atom is 2.00 e. The number of benzene rings is 1. The van der Waals surface area contributed by atoms with Crippen molar-refractivity contribution in [2.75, 3.05) is 0 Å². The van der Waals surface area contributed by atoms with Crippen LogP contribution < -0.4 is 24.8 Å². The van der Waals surface area contributed by atoms with E-state index in [-0.39, 0.29) is 44.3 Å². The summed E-state index contributed by atoms with van der Waals surface area (Å²) in [5.74, 6) is 0. The van der Waals surface area contributed by atoms with Crippen molar-refractivity contribution in [3.63, 3.8) is 0 Å². The van der Waals surface area contributed by atoms with Crippen LogP contribution in [0.2, 0.25) is 0 Å². The molecule has 90 valence electrons. The van der Waals surface area contributed by atoms with Crippen LogP contribution in [0.25, 0.3) is 0 Å². The molecule has 0 amide bonds. The van der Waals surface area contributed by atoms with E-state index in [0.29, 0.717) is 0 Å². The molecule has 0 aliphatic heterocycles. The summed E-state index contributed by atoms with van der Waals surface area (Å²) >= 11 is 0. The predicted molar refractivity (Wildman–Crippen MR) is 62.7 cm³/mol. The quantitative estimate of drug-likeness (QED) is 0.429. The molecule has 0 spiro atoms. The number of aryl methyl sites for hydroxylation is 1. The average molecular weight is 333 g/mol. The van der Waals surface area contributed by atoms with Gasteiger partial charge in [-0.15, -0.1) is 0 Å². The average Bonchev–Trinajstić information content (AvgIpc) is 2.30. The van der Waals surface area contributed by atoms with Gasteiger partial charge in [-0.25, -0.2) is 0 Å². The summed E-state index contributed by atoms with van der Waals surface area (Å²) < 4.78 is 0. The molecule has 2 rings (SSSR count). The molecule has 0 aliphatic rings. The van der Waals surface area contributed by atoms with Gasteiger partial charge in [-0.3, -0.25) is 9.98 Å². The first-order valence-electron chi connectivity index (χ1n) is 4.86. The monoisotopic (exact) mass is 330 g/mol. The standard InChI is InChI=1S/C13H12N2.2ClH.Zn/c1-11-5-7-12(8-6-11)15-10-13-4-2-3-9-14-13;;;/h2-10H,1H3;2*1H;/q;;;+2/p-2. The van der Waals surface area contributed by atoms with Gasteiger partial charge in [0.15, 0.2) is 0 Å². The molecule has 5 heteroatoms. The van der Waals surface area contributed by atoms with Crippen LogP contribution in [-0.2, 0) is 19.5 Å².